The summed E-state index contributed by atoms with van der Waals surface area (Å²) in [4.78, 5) is 12.0. The van der Waals surface area contributed by atoms with Crippen LogP contribution in [0.4, 0.5) is 8.78 Å². The van der Waals surface area contributed by atoms with E-state index in [1.54, 1.807) is 0 Å². The number of hydrogen-bond acceptors (Lipinski definition) is 3. The van der Waals surface area contributed by atoms with Crippen molar-refractivity contribution in [3.63, 3.8) is 0 Å². The van der Waals surface area contributed by atoms with Crippen LogP contribution in [0.15, 0.2) is 30.3 Å². The van der Waals surface area contributed by atoms with Gasteiger partial charge in [-0.25, -0.2) is 8.78 Å². The minimum absolute atomic E-state index is 0.0906. The molecule has 1 aliphatic rings. The molecule has 126 valence electrons. The van der Waals surface area contributed by atoms with Gasteiger partial charge in [-0.1, -0.05) is 0 Å². The molecule has 1 N–H and O–H groups in total. The fourth-order valence-corrected chi connectivity index (χ4v) is 2.55. The normalized spacial score (nSPS) is 12.8. The first-order chi connectivity index (χ1) is 11.5. The summed E-state index contributed by atoms with van der Waals surface area (Å²) in [5.74, 6) is -1.02. The Morgan fingerprint density at radius 1 is 1.08 bits per heavy atom. The minimum Gasteiger partial charge on any atom is -0.486 e. The third kappa shape index (κ3) is 3.48. The van der Waals surface area contributed by atoms with E-state index in [1.165, 1.54) is 6.07 Å². The average Bonchev–Trinajstić information content (AvgIpc) is 2.57. The van der Waals surface area contributed by atoms with Crippen LogP contribution in [0.1, 0.15) is 21.5 Å². The van der Waals surface area contributed by atoms with E-state index in [-0.39, 0.29) is 5.56 Å². The first-order valence-corrected chi connectivity index (χ1v) is 7.67. The summed E-state index contributed by atoms with van der Waals surface area (Å²) in [6.07, 6.45) is 0.595. The van der Waals surface area contributed by atoms with Gasteiger partial charge < -0.3 is 14.8 Å². The molecular formula is C18H17F2NO3. The maximum Gasteiger partial charge on any atom is 0.251 e. The van der Waals surface area contributed by atoms with E-state index in [1.807, 2.05) is 19.1 Å². The van der Waals surface area contributed by atoms with E-state index in [9.17, 15) is 13.6 Å². The Bertz CT molecular complexity index is 777. The van der Waals surface area contributed by atoms with Crippen molar-refractivity contribution in [2.24, 2.45) is 0 Å². The van der Waals surface area contributed by atoms with Gasteiger partial charge in [-0.2, -0.15) is 0 Å². The van der Waals surface area contributed by atoms with Crippen molar-refractivity contribution in [3.8, 4) is 11.5 Å². The first kappa shape index (κ1) is 16.2. The van der Waals surface area contributed by atoms with E-state index >= 15 is 0 Å². The summed E-state index contributed by atoms with van der Waals surface area (Å²) in [6, 6.07) is 6.91. The molecule has 2 aromatic rings. The predicted octanol–water partition coefficient (Wildman–Crippen LogP) is 3.02. The number of carbonyl (C=O) groups is 1. The second kappa shape index (κ2) is 6.86. The SMILES string of the molecule is Cc1cc2c(cc1CCNC(=O)c1ccc(F)c(F)c1)OCCO2. The Labute approximate surface area is 138 Å². The van der Waals surface area contributed by atoms with E-state index in [2.05, 4.69) is 5.32 Å². The minimum atomic E-state index is -1.04. The molecule has 1 amide bonds. The third-order valence-corrected chi connectivity index (χ3v) is 3.86. The first-order valence-electron chi connectivity index (χ1n) is 7.67. The fourth-order valence-electron chi connectivity index (χ4n) is 2.55. The molecule has 0 aliphatic carbocycles. The summed E-state index contributed by atoms with van der Waals surface area (Å²) < 4.78 is 37.1. The summed E-state index contributed by atoms with van der Waals surface area (Å²) >= 11 is 0. The molecule has 0 atom stereocenters. The highest BCUT2D eigenvalue weighted by atomic mass is 19.2. The van der Waals surface area contributed by atoms with Gasteiger partial charge in [-0.3, -0.25) is 4.79 Å². The quantitative estimate of drug-likeness (QED) is 0.936. The monoisotopic (exact) mass is 333 g/mol. The second-order valence-corrected chi connectivity index (χ2v) is 5.56. The lowest BCUT2D eigenvalue weighted by Crippen LogP contribution is -2.26. The molecule has 3 rings (SSSR count). The number of aryl methyl sites for hydroxylation is 1. The lowest BCUT2D eigenvalue weighted by molar-refractivity contribution is 0.0953. The Morgan fingerprint density at radius 2 is 1.79 bits per heavy atom. The fraction of sp³-hybridized carbons (Fsp3) is 0.278. The molecule has 0 saturated heterocycles. The van der Waals surface area contributed by atoms with Gasteiger partial charge in [0.2, 0.25) is 0 Å². The smallest absolute Gasteiger partial charge is 0.251 e. The molecule has 0 saturated carbocycles. The van der Waals surface area contributed by atoms with E-state index in [0.717, 1.165) is 29.0 Å². The van der Waals surface area contributed by atoms with Gasteiger partial charge in [0, 0.05) is 12.1 Å². The van der Waals surface area contributed by atoms with Gasteiger partial charge in [0.25, 0.3) is 5.91 Å². The van der Waals surface area contributed by atoms with Crippen LogP contribution in [0.2, 0.25) is 0 Å². The van der Waals surface area contributed by atoms with E-state index in [4.69, 9.17) is 9.47 Å². The number of fused-ring (bicyclic) bond motifs is 1. The summed E-state index contributed by atoms with van der Waals surface area (Å²) in [7, 11) is 0. The molecule has 1 heterocycles. The third-order valence-electron chi connectivity index (χ3n) is 3.86. The number of hydrogen-bond donors (Lipinski definition) is 1. The van der Waals surface area contributed by atoms with E-state index < -0.39 is 17.5 Å². The molecular weight excluding hydrogens is 316 g/mol. The molecule has 0 bridgehead atoms. The lowest BCUT2D eigenvalue weighted by atomic mass is 10.0. The highest BCUT2D eigenvalue weighted by molar-refractivity contribution is 5.94. The van der Waals surface area contributed by atoms with Gasteiger partial charge >= 0.3 is 0 Å². The van der Waals surface area contributed by atoms with Gasteiger partial charge in [-0.05, 0) is 54.8 Å². The number of benzene rings is 2. The summed E-state index contributed by atoms with van der Waals surface area (Å²) in [5.41, 5.74) is 2.17. The van der Waals surface area contributed by atoms with E-state index in [0.29, 0.717) is 31.9 Å². The van der Waals surface area contributed by atoms with Crippen LogP contribution in [0.3, 0.4) is 0 Å². The number of carbonyl (C=O) groups excluding carboxylic acids is 1. The zero-order valence-corrected chi connectivity index (χ0v) is 13.2. The molecule has 0 aromatic heterocycles. The zero-order valence-electron chi connectivity index (χ0n) is 13.2. The van der Waals surface area contributed by atoms with Crippen LogP contribution in [0.5, 0.6) is 11.5 Å². The average molecular weight is 333 g/mol. The van der Waals surface area contributed by atoms with Crippen molar-refractivity contribution >= 4 is 5.91 Å². The molecule has 0 fully saturated rings. The number of ether oxygens (including phenoxy) is 2. The molecule has 6 heteroatoms. The van der Waals surface area contributed by atoms with Gasteiger partial charge in [0.1, 0.15) is 13.2 Å². The maximum absolute atomic E-state index is 13.2. The molecule has 0 spiro atoms. The Morgan fingerprint density at radius 3 is 2.50 bits per heavy atom. The predicted molar refractivity (Wildman–Crippen MR) is 84.6 cm³/mol. The van der Waals surface area contributed by atoms with Crippen LogP contribution in [-0.2, 0) is 6.42 Å². The maximum atomic E-state index is 13.2. The standard InChI is InChI=1S/C18H17F2NO3/c1-11-8-16-17(24-7-6-23-16)10-12(11)4-5-21-18(22)13-2-3-14(19)15(20)9-13/h2-3,8-10H,4-7H2,1H3,(H,21,22). The molecule has 0 unspecified atom stereocenters. The number of amides is 1. The van der Waals surface area contributed by atoms with Crippen molar-refractivity contribution in [1.29, 1.82) is 0 Å². The number of rotatable bonds is 4. The van der Waals surface area contributed by atoms with Gasteiger partial charge in [0.05, 0.1) is 0 Å². The lowest BCUT2D eigenvalue weighted by Gasteiger charge is -2.20. The van der Waals surface area contributed by atoms with Crippen molar-refractivity contribution in [2.75, 3.05) is 19.8 Å². The Balaban J connectivity index is 1.62. The zero-order chi connectivity index (χ0) is 17.1. The molecule has 1 aliphatic heterocycles. The second-order valence-electron chi connectivity index (χ2n) is 5.56. The Kier molecular flexibility index (Phi) is 4.64. The highest BCUT2D eigenvalue weighted by Crippen LogP contribution is 2.33. The highest BCUT2D eigenvalue weighted by Gasteiger charge is 2.14. The van der Waals surface area contributed by atoms with Crippen molar-refractivity contribution in [2.45, 2.75) is 13.3 Å². The van der Waals surface area contributed by atoms with Gasteiger partial charge in [0.15, 0.2) is 23.1 Å². The van der Waals surface area contributed by atoms with Crippen LogP contribution in [0.25, 0.3) is 0 Å². The molecule has 2 aromatic carbocycles. The van der Waals surface area contributed by atoms with Crippen molar-refractivity contribution in [3.05, 3.63) is 58.7 Å². The van der Waals surface area contributed by atoms with Crippen LogP contribution in [-0.4, -0.2) is 25.7 Å². The molecule has 0 radical (unpaired) electrons. The topological polar surface area (TPSA) is 47.6 Å². The number of nitrogens with one attached hydrogen (secondary N) is 1. The summed E-state index contributed by atoms with van der Waals surface area (Å²) in [6.45, 7) is 3.39. The van der Waals surface area contributed by atoms with Crippen LogP contribution >= 0.6 is 0 Å². The van der Waals surface area contributed by atoms with Crippen LogP contribution in [0, 0.1) is 18.6 Å². The summed E-state index contributed by atoms with van der Waals surface area (Å²) in [5, 5.41) is 2.70. The van der Waals surface area contributed by atoms with Crippen molar-refractivity contribution in [1.82, 2.24) is 5.32 Å². The molecule has 4 nitrogen and oxygen atoms in total. The van der Waals surface area contributed by atoms with Crippen LogP contribution < -0.4 is 14.8 Å². The number of halogens is 2. The molecule has 24 heavy (non-hydrogen) atoms. The Hall–Kier alpha value is -2.63. The van der Waals surface area contributed by atoms with Crippen molar-refractivity contribution < 1.29 is 23.0 Å². The van der Waals surface area contributed by atoms with Gasteiger partial charge in [-0.15, -0.1) is 0 Å². The largest absolute Gasteiger partial charge is 0.486 e.